The lowest BCUT2D eigenvalue weighted by Gasteiger charge is -2.09. The van der Waals surface area contributed by atoms with Gasteiger partial charge < -0.3 is 10.4 Å². The van der Waals surface area contributed by atoms with Gasteiger partial charge in [0.1, 0.15) is 5.82 Å². The van der Waals surface area contributed by atoms with Crippen molar-refractivity contribution in [3.05, 3.63) is 63.4 Å². The van der Waals surface area contributed by atoms with Crippen LogP contribution in [0, 0.1) is 12.7 Å². The molecule has 0 aliphatic carbocycles. The number of carboxylic acids is 1. The average molecular weight is 352 g/mol. The average Bonchev–Trinajstić information content (AvgIpc) is 2.43. The zero-order valence-electron chi connectivity index (χ0n) is 11.0. The molecule has 2 aromatic carbocycles. The number of halogens is 2. The zero-order chi connectivity index (χ0) is 15.6. The fourth-order valence-corrected chi connectivity index (χ4v) is 2.10. The molecule has 1 amide bonds. The van der Waals surface area contributed by atoms with E-state index >= 15 is 0 Å². The Balaban J connectivity index is 2.33. The van der Waals surface area contributed by atoms with Crippen LogP contribution in [0.4, 0.5) is 10.1 Å². The number of hydrogen-bond acceptors (Lipinski definition) is 2. The SMILES string of the molecule is Cc1ccc(F)c(C(=O)Nc2cc(C(=O)O)ccc2Br)c1. The molecular formula is C15H11BrFNO3. The minimum Gasteiger partial charge on any atom is -0.478 e. The summed E-state index contributed by atoms with van der Waals surface area (Å²) in [4.78, 5) is 23.0. The molecule has 0 saturated heterocycles. The molecule has 0 spiro atoms. The van der Waals surface area contributed by atoms with Crippen molar-refractivity contribution >= 4 is 33.5 Å². The second-order valence-corrected chi connectivity index (χ2v) is 5.29. The standard InChI is InChI=1S/C15H11BrFNO3/c1-8-2-5-12(17)10(6-8)14(19)18-13-7-9(15(20)21)3-4-11(13)16/h2-7H,1H3,(H,18,19)(H,20,21). The van der Waals surface area contributed by atoms with Crippen LogP contribution in [0.15, 0.2) is 40.9 Å². The second-order valence-electron chi connectivity index (χ2n) is 4.44. The fraction of sp³-hybridized carbons (Fsp3) is 0.0667. The molecule has 2 aromatic rings. The number of hydrogen-bond donors (Lipinski definition) is 2. The van der Waals surface area contributed by atoms with E-state index in [4.69, 9.17) is 5.11 Å². The van der Waals surface area contributed by atoms with Gasteiger partial charge in [0.25, 0.3) is 5.91 Å². The summed E-state index contributed by atoms with van der Waals surface area (Å²) in [6.07, 6.45) is 0. The van der Waals surface area contributed by atoms with E-state index in [1.54, 1.807) is 13.0 Å². The van der Waals surface area contributed by atoms with Gasteiger partial charge in [0.2, 0.25) is 0 Å². The highest BCUT2D eigenvalue weighted by molar-refractivity contribution is 9.10. The van der Waals surface area contributed by atoms with E-state index in [1.165, 1.54) is 30.3 Å². The molecule has 0 unspecified atom stereocenters. The Morgan fingerprint density at radius 2 is 1.90 bits per heavy atom. The van der Waals surface area contributed by atoms with Gasteiger partial charge in [-0.3, -0.25) is 4.79 Å². The molecule has 0 aliphatic heterocycles. The van der Waals surface area contributed by atoms with Crippen LogP contribution in [0.1, 0.15) is 26.3 Å². The van der Waals surface area contributed by atoms with Crippen molar-refractivity contribution in [1.82, 2.24) is 0 Å². The highest BCUT2D eigenvalue weighted by atomic mass is 79.9. The lowest BCUT2D eigenvalue weighted by Crippen LogP contribution is -2.15. The van der Waals surface area contributed by atoms with Gasteiger partial charge in [-0.2, -0.15) is 0 Å². The van der Waals surface area contributed by atoms with Crippen LogP contribution in [0.3, 0.4) is 0 Å². The number of aromatic carboxylic acids is 1. The molecule has 0 atom stereocenters. The Morgan fingerprint density at radius 1 is 1.19 bits per heavy atom. The highest BCUT2D eigenvalue weighted by Gasteiger charge is 2.14. The lowest BCUT2D eigenvalue weighted by atomic mass is 10.1. The number of nitrogens with one attached hydrogen (secondary N) is 1. The number of carbonyl (C=O) groups excluding carboxylic acids is 1. The number of amides is 1. The second kappa shape index (κ2) is 6.05. The number of benzene rings is 2. The van der Waals surface area contributed by atoms with Gasteiger partial charge in [-0.05, 0) is 53.2 Å². The Bertz CT molecular complexity index is 731. The first-order valence-electron chi connectivity index (χ1n) is 5.99. The summed E-state index contributed by atoms with van der Waals surface area (Å²) in [5, 5.41) is 11.4. The molecular weight excluding hydrogens is 341 g/mol. The summed E-state index contributed by atoms with van der Waals surface area (Å²) >= 11 is 3.21. The molecule has 21 heavy (non-hydrogen) atoms. The van der Waals surface area contributed by atoms with E-state index < -0.39 is 17.7 Å². The third-order valence-electron chi connectivity index (χ3n) is 2.83. The molecule has 0 aromatic heterocycles. The maximum atomic E-state index is 13.7. The lowest BCUT2D eigenvalue weighted by molar-refractivity contribution is 0.0696. The normalized spacial score (nSPS) is 10.2. The molecule has 4 nitrogen and oxygen atoms in total. The Morgan fingerprint density at radius 3 is 2.57 bits per heavy atom. The van der Waals surface area contributed by atoms with Gasteiger partial charge in [-0.25, -0.2) is 9.18 Å². The molecule has 108 valence electrons. The molecule has 0 bridgehead atoms. The van der Waals surface area contributed by atoms with Crippen LogP contribution >= 0.6 is 15.9 Å². The third-order valence-corrected chi connectivity index (χ3v) is 3.52. The largest absolute Gasteiger partial charge is 0.478 e. The first-order valence-corrected chi connectivity index (χ1v) is 6.78. The molecule has 0 radical (unpaired) electrons. The van der Waals surface area contributed by atoms with Crippen LogP contribution in [0.5, 0.6) is 0 Å². The van der Waals surface area contributed by atoms with Crippen LogP contribution in [0.25, 0.3) is 0 Å². The topological polar surface area (TPSA) is 66.4 Å². The summed E-state index contributed by atoms with van der Waals surface area (Å²) in [6.45, 7) is 1.75. The molecule has 0 aliphatic rings. The Hall–Kier alpha value is -2.21. The van der Waals surface area contributed by atoms with Gasteiger partial charge >= 0.3 is 5.97 Å². The van der Waals surface area contributed by atoms with Gasteiger partial charge in [-0.1, -0.05) is 11.6 Å². The van der Waals surface area contributed by atoms with E-state index in [0.29, 0.717) is 4.47 Å². The van der Waals surface area contributed by atoms with Crippen LogP contribution < -0.4 is 5.32 Å². The Labute approximate surface area is 128 Å². The predicted molar refractivity (Wildman–Crippen MR) is 80.2 cm³/mol. The van der Waals surface area contributed by atoms with Crippen molar-refractivity contribution < 1.29 is 19.1 Å². The molecule has 2 rings (SSSR count). The maximum Gasteiger partial charge on any atom is 0.335 e. The van der Waals surface area contributed by atoms with E-state index in [2.05, 4.69) is 21.2 Å². The first-order chi connectivity index (χ1) is 9.88. The van der Waals surface area contributed by atoms with Crippen molar-refractivity contribution in [2.24, 2.45) is 0 Å². The monoisotopic (exact) mass is 351 g/mol. The quantitative estimate of drug-likeness (QED) is 0.882. The van der Waals surface area contributed by atoms with Crippen molar-refractivity contribution in [1.29, 1.82) is 0 Å². The van der Waals surface area contributed by atoms with E-state index in [9.17, 15) is 14.0 Å². The third kappa shape index (κ3) is 3.46. The van der Waals surface area contributed by atoms with E-state index in [0.717, 1.165) is 5.56 Å². The van der Waals surface area contributed by atoms with Gasteiger partial charge in [0, 0.05) is 4.47 Å². The summed E-state index contributed by atoms with van der Waals surface area (Å²) in [6, 6.07) is 8.42. The van der Waals surface area contributed by atoms with Crippen LogP contribution in [0.2, 0.25) is 0 Å². The summed E-state index contributed by atoms with van der Waals surface area (Å²) in [7, 11) is 0. The molecule has 0 heterocycles. The molecule has 0 fully saturated rings. The van der Waals surface area contributed by atoms with E-state index in [-0.39, 0.29) is 16.8 Å². The first kappa shape index (κ1) is 15.2. The van der Waals surface area contributed by atoms with Gasteiger partial charge in [0.05, 0.1) is 16.8 Å². The number of carboxylic acid groups (broad SMARTS) is 1. The smallest absolute Gasteiger partial charge is 0.335 e. The number of aryl methyl sites for hydroxylation is 1. The van der Waals surface area contributed by atoms with Crippen molar-refractivity contribution in [3.8, 4) is 0 Å². The summed E-state index contributed by atoms with van der Waals surface area (Å²) in [5.41, 5.74) is 0.946. The number of carbonyl (C=O) groups is 2. The van der Waals surface area contributed by atoms with Crippen molar-refractivity contribution in [2.45, 2.75) is 6.92 Å². The minimum atomic E-state index is -1.11. The van der Waals surface area contributed by atoms with E-state index in [1.807, 2.05) is 0 Å². The van der Waals surface area contributed by atoms with Crippen LogP contribution in [-0.4, -0.2) is 17.0 Å². The zero-order valence-corrected chi connectivity index (χ0v) is 12.6. The van der Waals surface area contributed by atoms with Crippen molar-refractivity contribution in [2.75, 3.05) is 5.32 Å². The highest BCUT2D eigenvalue weighted by Crippen LogP contribution is 2.24. The molecule has 2 N–H and O–H groups in total. The summed E-state index contributed by atoms with van der Waals surface area (Å²) < 4.78 is 14.2. The predicted octanol–water partition coefficient (Wildman–Crippen LogP) is 3.85. The van der Waals surface area contributed by atoms with Gasteiger partial charge in [0.15, 0.2) is 0 Å². The fourth-order valence-electron chi connectivity index (χ4n) is 1.76. The minimum absolute atomic E-state index is 0.0261. The van der Waals surface area contributed by atoms with Crippen LogP contribution in [-0.2, 0) is 0 Å². The van der Waals surface area contributed by atoms with Gasteiger partial charge in [-0.15, -0.1) is 0 Å². The molecule has 6 heteroatoms. The Kier molecular flexibility index (Phi) is 4.37. The summed E-state index contributed by atoms with van der Waals surface area (Å²) in [5.74, 6) is -2.39. The van der Waals surface area contributed by atoms with Crippen molar-refractivity contribution in [3.63, 3.8) is 0 Å². The number of rotatable bonds is 3. The number of anilines is 1. The molecule has 0 saturated carbocycles. The maximum absolute atomic E-state index is 13.7.